The second-order valence-corrected chi connectivity index (χ2v) is 10.3. The molecule has 0 saturated heterocycles. The third kappa shape index (κ3) is 5.57. The van der Waals surface area contributed by atoms with Crippen molar-refractivity contribution in [1.82, 2.24) is 0 Å². The molecule has 0 spiro atoms. The highest BCUT2D eigenvalue weighted by atomic mass is 16.5. The largest absolute Gasteiger partial charge is 0.496 e. The van der Waals surface area contributed by atoms with Gasteiger partial charge in [0.1, 0.15) is 5.75 Å². The Morgan fingerprint density at radius 1 is 0.969 bits per heavy atom. The number of hydrogen-bond acceptors (Lipinski definition) is 2. The predicted octanol–water partition coefficient (Wildman–Crippen LogP) is 7.63. The summed E-state index contributed by atoms with van der Waals surface area (Å²) in [6.07, 6.45) is 12.0. The van der Waals surface area contributed by atoms with Crippen LogP contribution in [0, 0.1) is 23.7 Å². The lowest BCUT2D eigenvalue weighted by Gasteiger charge is -2.33. The number of hydrogen-bond donors (Lipinski definition) is 0. The van der Waals surface area contributed by atoms with Crippen molar-refractivity contribution in [2.24, 2.45) is 23.7 Å². The molecule has 5 atom stereocenters. The summed E-state index contributed by atoms with van der Waals surface area (Å²) in [6.45, 7) is 5.50. The highest BCUT2D eigenvalue weighted by Gasteiger charge is 2.46. The summed E-state index contributed by atoms with van der Waals surface area (Å²) in [5.41, 5.74) is 4.25. The topological polar surface area (TPSA) is 18.5 Å². The molecule has 2 aromatic carbocycles. The fourth-order valence-electron chi connectivity index (χ4n) is 6.30. The summed E-state index contributed by atoms with van der Waals surface area (Å²) in [6, 6.07) is 17.3. The molecule has 0 aliphatic heterocycles. The standard InChI is InChI=1S/C30H42O2/c1-4-5-7-11-22(2)16-17-26-27-18-24-14-10-15-29(31-3)28(24)19-25(27)20-30(26)32-21-23-12-8-6-9-13-23/h6,8-10,12-15,22,25-27,30H,4-5,7,11,16-21H2,1-3H3/t22-,25-,26+,27-,30+/m1/s1. The number of fused-ring (bicyclic) bond motifs is 2. The molecular weight excluding hydrogens is 392 g/mol. The number of benzene rings is 2. The third-order valence-corrected chi connectivity index (χ3v) is 8.14. The molecule has 1 saturated carbocycles. The van der Waals surface area contributed by atoms with Crippen LogP contribution in [0.3, 0.4) is 0 Å². The maximum absolute atomic E-state index is 6.65. The van der Waals surface area contributed by atoms with E-state index in [1.807, 2.05) is 7.11 Å². The van der Waals surface area contributed by atoms with E-state index in [1.54, 1.807) is 0 Å². The minimum absolute atomic E-state index is 0.383. The molecule has 0 heterocycles. The quantitative estimate of drug-likeness (QED) is 0.338. The molecule has 174 valence electrons. The zero-order valence-corrected chi connectivity index (χ0v) is 20.4. The summed E-state index contributed by atoms with van der Waals surface area (Å²) >= 11 is 0. The molecule has 0 N–H and O–H groups in total. The summed E-state index contributed by atoms with van der Waals surface area (Å²) in [4.78, 5) is 0. The Morgan fingerprint density at radius 3 is 2.59 bits per heavy atom. The Kier molecular flexibility index (Phi) is 8.30. The maximum atomic E-state index is 6.65. The van der Waals surface area contributed by atoms with Gasteiger partial charge in [-0.25, -0.2) is 0 Å². The molecule has 0 radical (unpaired) electrons. The molecule has 32 heavy (non-hydrogen) atoms. The lowest BCUT2D eigenvalue weighted by Crippen LogP contribution is -2.28. The van der Waals surface area contributed by atoms with Crippen molar-refractivity contribution in [3.8, 4) is 5.75 Å². The van der Waals surface area contributed by atoms with E-state index in [2.05, 4.69) is 62.4 Å². The van der Waals surface area contributed by atoms with Gasteiger partial charge >= 0.3 is 0 Å². The van der Waals surface area contributed by atoms with Crippen molar-refractivity contribution in [1.29, 1.82) is 0 Å². The molecule has 0 amide bonds. The summed E-state index contributed by atoms with van der Waals surface area (Å²) in [5, 5.41) is 0. The van der Waals surface area contributed by atoms with E-state index in [4.69, 9.17) is 9.47 Å². The molecule has 2 aliphatic rings. The average molecular weight is 435 g/mol. The Labute approximate surface area is 195 Å². The van der Waals surface area contributed by atoms with Gasteiger partial charge in [-0.2, -0.15) is 0 Å². The van der Waals surface area contributed by atoms with Gasteiger partial charge in [-0.3, -0.25) is 0 Å². The van der Waals surface area contributed by atoms with Gasteiger partial charge < -0.3 is 9.47 Å². The Morgan fingerprint density at radius 2 is 1.81 bits per heavy atom. The van der Waals surface area contributed by atoms with Crippen LogP contribution in [0.5, 0.6) is 5.75 Å². The first-order valence-electron chi connectivity index (χ1n) is 13.0. The van der Waals surface area contributed by atoms with Gasteiger partial charge in [0.15, 0.2) is 0 Å². The van der Waals surface area contributed by atoms with Crippen molar-refractivity contribution in [3.05, 3.63) is 65.2 Å². The molecule has 0 aromatic heterocycles. The van der Waals surface area contributed by atoms with Crippen molar-refractivity contribution >= 4 is 0 Å². The lowest BCUT2D eigenvalue weighted by atomic mass is 9.73. The maximum Gasteiger partial charge on any atom is 0.122 e. The van der Waals surface area contributed by atoms with E-state index in [9.17, 15) is 0 Å². The fourth-order valence-corrected chi connectivity index (χ4v) is 6.30. The van der Waals surface area contributed by atoms with Crippen LogP contribution in [0.2, 0.25) is 0 Å². The second kappa shape index (κ2) is 11.4. The van der Waals surface area contributed by atoms with E-state index in [0.29, 0.717) is 12.0 Å². The first-order chi connectivity index (χ1) is 15.7. The minimum atomic E-state index is 0.383. The van der Waals surface area contributed by atoms with E-state index in [-0.39, 0.29) is 0 Å². The first kappa shape index (κ1) is 23.4. The number of methoxy groups -OCH3 is 1. The monoisotopic (exact) mass is 434 g/mol. The van der Waals surface area contributed by atoms with E-state index in [0.717, 1.165) is 36.5 Å². The number of ether oxygens (including phenoxy) is 2. The molecule has 2 aliphatic carbocycles. The van der Waals surface area contributed by atoms with Crippen LogP contribution < -0.4 is 4.74 Å². The Bertz CT molecular complexity index is 830. The average Bonchev–Trinajstić information content (AvgIpc) is 3.16. The summed E-state index contributed by atoms with van der Waals surface area (Å²) in [7, 11) is 1.81. The molecule has 0 bridgehead atoms. The van der Waals surface area contributed by atoms with Crippen LogP contribution in [0.25, 0.3) is 0 Å². The van der Waals surface area contributed by atoms with E-state index >= 15 is 0 Å². The molecular formula is C30H42O2. The Balaban J connectivity index is 1.45. The predicted molar refractivity (Wildman–Crippen MR) is 133 cm³/mol. The molecule has 1 fully saturated rings. The lowest BCUT2D eigenvalue weighted by molar-refractivity contribution is 0.00443. The van der Waals surface area contributed by atoms with Crippen molar-refractivity contribution in [2.45, 2.75) is 84.3 Å². The van der Waals surface area contributed by atoms with Gasteiger partial charge in [-0.05, 0) is 72.1 Å². The van der Waals surface area contributed by atoms with Crippen molar-refractivity contribution < 1.29 is 9.47 Å². The van der Waals surface area contributed by atoms with Crippen molar-refractivity contribution in [3.63, 3.8) is 0 Å². The van der Waals surface area contributed by atoms with Crippen LogP contribution in [0.15, 0.2) is 48.5 Å². The van der Waals surface area contributed by atoms with Crippen LogP contribution >= 0.6 is 0 Å². The van der Waals surface area contributed by atoms with Crippen molar-refractivity contribution in [2.75, 3.05) is 7.11 Å². The summed E-state index contributed by atoms with van der Waals surface area (Å²) < 4.78 is 12.4. The van der Waals surface area contributed by atoms with E-state index in [1.165, 1.54) is 68.1 Å². The first-order valence-corrected chi connectivity index (χ1v) is 13.0. The molecule has 2 nitrogen and oxygen atoms in total. The van der Waals surface area contributed by atoms with Crippen LogP contribution in [-0.2, 0) is 24.2 Å². The normalized spacial score (nSPS) is 25.2. The fraction of sp³-hybridized carbons (Fsp3) is 0.600. The Hall–Kier alpha value is -1.80. The van der Waals surface area contributed by atoms with Gasteiger partial charge in [-0.15, -0.1) is 0 Å². The van der Waals surface area contributed by atoms with Gasteiger partial charge in [0.25, 0.3) is 0 Å². The zero-order valence-electron chi connectivity index (χ0n) is 20.4. The molecule has 4 rings (SSSR count). The van der Waals surface area contributed by atoms with Crippen LogP contribution in [-0.4, -0.2) is 13.2 Å². The molecule has 2 aromatic rings. The van der Waals surface area contributed by atoms with Gasteiger partial charge in [0.05, 0.1) is 19.8 Å². The second-order valence-electron chi connectivity index (χ2n) is 10.3. The SMILES string of the molecule is CCCCC[C@@H](C)CC[C@H]1[C@@H]2Cc3cccc(OC)c3C[C@@H]2C[C@@H]1OCc1ccccc1. The minimum Gasteiger partial charge on any atom is -0.496 e. The third-order valence-electron chi connectivity index (χ3n) is 8.14. The molecule has 2 heteroatoms. The van der Waals surface area contributed by atoms with Gasteiger partial charge in [0, 0.05) is 0 Å². The van der Waals surface area contributed by atoms with Gasteiger partial charge in [0.2, 0.25) is 0 Å². The van der Waals surface area contributed by atoms with Crippen LogP contribution in [0.1, 0.15) is 75.5 Å². The highest BCUT2D eigenvalue weighted by molar-refractivity contribution is 5.43. The zero-order chi connectivity index (χ0) is 22.3. The smallest absolute Gasteiger partial charge is 0.122 e. The highest BCUT2D eigenvalue weighted by Crippen LogP contribution is 2.49. The number of rotatable bonds is 11. The summed E-state index contributed by atoms with van der Waals surface area (Å²) in [5.74, 6) is 4.05. The van der Waals surface area contributed by atoms with Gasteiger partial charge in [-0.1, -0.05) is 88.4 Å². The van der Waals surface area contributed by atoms with E-state index < -0.39 is 0 Å². The molecule has 0 unspecified atom stereocenters. The van der Waals surface area contributed by atoms with Crippen LogP contribution in [0.4, 0.5) is 0 Å². The number of unbranched alkanes of at least 4 members (excludes halogenated alkanes) is 2.